The largest absolute Gasteiger partial charge is 0.308 e. The molecular weight excluding hydrogens is 232 g/mol. The maximum atomic E-state index is 3.63. The lowest BCUT2D eigenvalue weighted by molar-refractivity contribution is 0.185. The predicted molar refractivity (Wildman–Crippen MR) is 84.7 cm³/mol. The summed E-state index contributed by atoms with van der Waals surface area (Å²) >= 11 is 0. The summed E-state index contributed by atoms with van der Waals surface area (Å²) in [5.74, 6) is 0.602. The first-order valence-electron chi connectivity index (χ1n) is 7.24. The fraction of sp³-hybridized carbons (Fsp3) is 0.647. The van der Waals surface area contributed by atoms with E-state index in [2.05, 4.69) is 83.2 Å². The van der Waals surface area contributed by atoms with E-state index in [4.69, 9.17) is 0 Å². The Balaban J connectivity index is 2.61. The Morgan fingerprint density at radius 1 is 1.00 bits per heavy atom. The quantitative estimate of drug-likeness (QED) is 0.839. The highest BCUT2D eigenvalue weighted by atomic mass is 15.2. The van der Waals surface area contributed by atoms with Gasteiger partial charge in [-0.1, -0.05) is 38.1 Å². The highest BCUT2D eigenvalue weighted by Crippen LogP contribution is 2.19. The van der Waals surface area contributed by atoms with Crippen LogP contribution in [0.3, 0.4) is 0 Å². The maximum absolute atomic E-state index is 3.63. The van der Waals surface area contributed by atoms with E-state index in [1.54, 1.807) is 0 Å². The number of nitrogens with one attached hydrogen (secondary N) is 1. The zero-order valence-corrected chi connectivity index (χ0v) is 13.6. The van der Waals surface area contributed by atoms with Crippen LogP contribution in [-0.2, 0) is 0 Å². The first-order valence-corrected chi connectivity index (χ1v) is 7.24. The van der Waals surface area contributed by atoms with Gasteiger partial charge in [-0.3, -0.25) is 0 Å². The molecule has 0 aliphatic carbocycles. The van der Waals surface area contributed by atoms with E-state index in [0.717, 1.165) is 6.54 Å². The van der Waals surface area contributed by atoms with Gasteiger partial charge < -0.3 is 10.2 Å². The predicted octanol–water partition coefficient (Wildman–Crippen LogP) is 3.80. The summed E-state index contributed by atoms with van der Waals surface area (Å²) in [6.07, 6.45) is 0. The van der Waals surface area contributed by atoms with E-state index in [9.17, 15) is 0 Å². The molecule has 19 heavy (non-hydrogen) atoms. The molecule has 1 aromatic carbocycles. The molecule has 0 heterocycles. The van der Waals surface area contributed by atoms with Crippen LogP contribution in [0.5, 0.6) is 0 Å². The van der Waals surface area contributed by atoms with Gasteiger partial charge in [-0.15, -0.1) is 0 Å². The van der Waals surface area contributed by atoms with Gasteiger partial charge in [-0.25, -0.2) is 0 Å². The minimum atomic E-state index is 0.173. The van der Waals surface area contributed by atoms with Crippen LogP contribution in [0.15, 0.2) is 24.3 Å². The summed E-state index contributed by atoms with van der Waals surface area (Å²) in [5, 5.41) is 3.63. The second-order valence-corrected chi connectivity index (χ2v) is 6.63. The molecule has 0 aliphatic heterocycles. The van der Waals surface area contributed by atoms with Gasteiger partial charge in [-0.05, 0) is 51.9 Å². The second kappa shape index (κ2) is 6.53. The number of benzene rings is 1. The Morgan fingerprint density at radius 3 is 1.89 bits per heavy atom. The highest BCUT2D eigenvalue weighted by Gasteiger charge is 2.20. The Labute approximate surface area is 119 Å². The maximum Gasteiger partial charge on any atom is 0.0292 e. The zero-order valence-electron chi connectivity index (χ0n) is 13.6. The lowest BCUT2D eigenvalue weighted by Crippen LogP contribution is -2.47. The average molecular weight is 262 g/mol. The molecule has 0 fully saturated rings. The summed E-state index contributed by atoms with van der Waals surface area (Å²) in [4.78, 5) is 2.26. The molecule has 0 spiro atoms. The summed E-state index contributed by atoms with van der Waals surface area (Å²) in [6, 6.07) is 9.37. The van der Waals surface area contributed by atoms with E-state index in [1.165, 1.54) is 11.1 Å². The third-order valence-corrected chi connectivity index (χ3v) is 4.15. The SMILES string of the molecule is CC(C)c1ccc(C(C)NCC(C)(C)N(C)C)cc1. The molecule has 1 N–H and O–H groups in total. The zero-order chi connectivity index (χ0) is 14.6. The van der Waals surface area contributed by atoms with Crippen molar-refractivity contribution in [2.24, 2.45) is 0 Å². The number of nitrogens with zero attached hydrogens (tertiary/aromatic N) is 1. The van der Waals surface area contributed by atoms with Crippen LogP contribution in [0.4, 0.5) is 0 Å². The first-order chi connectivity index (χ1) is 8.74. The molecule has 108 valence electrons. The van der Waals surface area contributed by atoms with Crippen molar-refractivity contribution in [2.45, 2.75) is 52.1 Å². The van der Waals surface area contributed by atoms with Gasteiger partial charge in [0.2, 0.25) is 0 Å². The molecule has 0 amide bonds. The number of hydrogen-bond acceptors (Lipinski definition) is 2. The van der Waals surface area contributed by atoms with E-state index in [0.29, 0.717) is 12.0 Å². The van der Waals surface area contributed by atoms with Gasteiger partial charge in [0.25, 0.3) is 0 Å². The number of rotatable bonds is 6. The van der Waals surface area contributed by atoms with Gasteiger partial charge in [0.05, 0.1) is 0 Å². The second-order valence-electron chi connectivity index (χ2n) is 6.63. The van der Waals surface area contributed by atoms with E-state index < -0.39 is 0 Å². The Kier molecular flexibility index (Phi) is 5.57. The Hall–Kier alpha value is -0.860. The number of hydrogen-bond donors (Lipinski definition) is 1. The van der Waals surface area contributed by atoms with Gasteiger partial charge in [0.1, 0.15) is 0 Å². The highest BCUT2D eigenvalue weighted by molar-refractivity contribution is 5.26. The van der Waals surface area contributed by atoms with Crippen LogP contribution in [0, 0.1) is 0 Å². The minimum absolute atomic E-state index is 0.173. The van der Waals surface area contributed by atoms with E-state index in [1.807, 2.05) is 0 Å². The summed E-state index contributed by atoms with van der Waals surface area (Å²) in [7, 11) is 4.26. The van der Waals surface area contributed by atoms with Crippen LogP contribution in [0.25, 0.3) is 0 Å². The fourth-order valence-corrected chi connectivity index (χ4v) is 1.85. The first kappa shape index (κ1) is 16.2. The molecule has 1 aromatic rings. The van der Waals surface area contributed by atoms with Gasteiger partial charge in [0.15, 0.2) is 0 Å². The smallest absolute Gasteiger partial charge is 0.0292 e. The molecule has 1 rings (SSSR count). The average Bonchev–Trinajstić information content (AvgIpc) is 2.36. The molecule has 0 saturated heterocycles. The molecule has 2 heteroatoms. The Morgan fingerprint density at radius 2 is 1.47 bits per heavy atom. The lowest BCUT2D eigenvalue weighted by Gasteiger charge is -2.34. The molecule has 0 aromatic heterocycles. The standard InChI is InChI=1S/C17H30N2/c1-13(2)15-8-10-16(11-9-15)14(3)18-12-17(4,5)19(6)7/h8-11,13-14,18H,12H2,1-7H3. The molecule has 0 bridgehead atoms. The van der Waals surface area contributed by atoms with Crippen LogP contribution in [0.1, 0.15) is 57.7 Å². The summed E-state index contributed by atoms with van der Waals surface area (Å²) in [5.41, 5.74) is 2.94. The van der Waals surface area contributed by atoms with Gasteiger partial charge >= 0.3 is 0 Å². The van der Waals surface area contributed by atoms with Crippen molar-refractivity contribution >= 4 is 0 Å². The van der Waals surface area contributed by atoms with Crippen molar-refractivity contribution in [3.63, 3.8) is 0 Å². The molecule has 2 nitrogen and oxygen atoms in total. The molecule has 1 atom stereocenters. The topological polar surface area (TPSA) is 15.3 Å². The summed E-state index contributed by atoms with van der Waals surface area (Å²) < 4.78 is 0. The number of likely N-dealkylation sites (N-methyl/N-ethyl adjacent to an activating group) is 1. The lowest BCUT2D eigenvalue weighted by atomic mass is 9.98. The van der Waals surface area contributed by atoms with Crippen molar-refractivity contribution in [3.05, 3.63) is 35.4 Å². The summed E-state index contributed by atoms with van der Waals surface area (Å²) in [6.45, 7) is 12.2. The van der Waals surface area contributed by atoms with Crippen LogP contribution in [-0.4, -0.2) is 31.1 Å². The minimum Gasteiger partial charge on any atom is -0.308 e. The van der Waals surface area contributed by atoms with Crippen LogP contribution in [0.2, 0.25) is 0 Å². The third-order valence-electron chi connectivity index (χ3n) is 4.15. The Bertz CT molecular complexity index is 377. The van der Waals surface area contributed by atoms with E-state index >= 15 is 0 Å². The molecule has 1 unspecified atom stereocenters. The van der Waals surface area contributed by atoms with E-state index in [-0.39, 0.29) is 5.54 Å². The molecule has 0 aliphatic rings. The third kappa shape index (κ3) is 4.63. The van der Waals surface area contributed by atoms with Crippen molar-refractivity contribution in [2.75, 3.05) is 20.6 Å². The van der Waals surface area contributed by atoms with Crippen LogP contribution < -0.4 is 5.32 Å². The fourth-order valence-electron chi connectivity index (χ4n) is 1.85. The molecule has 0 saturated carbocycles. The van der Waals surface area contributed by atoms with Crippen molar-refractivity contribution in [1.29, 1.82) is 0 Å². The van der Waals surface area contributed by atoms with Crippen molar-refractivity contribution in [1.82, 2.24) is 10.2 Å². The van der Waals surface area contributed by atoms with Crippen molar-refractivity contribution in [3.8, 4) is 0 Å². The normalized spacial score (nSPS) is 14.2. The molecular formula is C17H30N2. The molecule has 0 radical (unpaired) electrons. The monoisotopic (exact) mass is 262 g/mol. The van der Waals surface area contributed by atoms with Crippen molar-refractivity contribution < 1.29 is 0 Å². The van der Waals surface area contributed by atoms with Crippen LogP contribution >= 0.6 is 0 Å². The van der Waals surface area contributed by atoms with Gasteiger partial charge in [0, 0.05) is 18.1 Å². The van der Waals surface area contributed by atoms with Gasteiger partial charge in [-0.2, -0.15) is 0 Å².